The lowest BCUT2D eigenvalue weighted by Gasteiger charge is -2.28. The number of ether oxygens (including phenoxy) is 1. The van der Waals surface area contributed by atoms with Gasteiger partial charge in [0.25, 0.3) is 0 Å². The van der Waals surface area contributed by atoms with E-state index in [9.17, 15) is 14.7 Å². The molecular weight excluding hydrogens is 320 g/mol. The molecule has 6 heteroatoms. The number of hydrogen-bond acceptors (Lipinski definition) is 4. The van der Waals surface area contributed by atoms with E-state index in [2.05, 4.69) is 10.6 Å². The highest BCUT2D eigenvalue weighted by Gasteiger charge is 2.32. The Bertz CT molecular complexity index is 813. The van der Waals surface area contributed by atoms with Crippen LogP contribution in [0.5, 0.6) is 5.75 Å². The molecule has 0 aromatic heterocycles. The van der Waals surface area contributed by atoms with Crippen LogP contribution in [0.15, 0.2) is 65.9 Å². The van der Waals surface area contributed by atoms with Crippen LogP contribution in [-0.4, -0.2) is 17.1 Å². The zero-order valence-electron chi connectivity index (χ0n) is 13.7. The van der Waals surface area contributed by atoms with Gasteiger partial charge in [-0.3, -0.25) is 0 Å². The summed E-state index contributed by atoms with van der Waals surface area (Å²) in [5, 5.41) is 14.8. The molecule has 0 radical (unpaired) electrons. The molecule has 25 heavy (non-hydrogen) atoms. The van der Waals surface area contributed by atoms with E-state index < -0.39 is 18.0 Å². The van der Waals surface area contributed by atoms with E-state index in [1.807, 2.05) is 30.3 Å². The lowest BCUT2D eigenvalue weighted by molar-refractivity contribution is -0.140. The smallest absolute Gasteiger partial charge is 0.338 e. The van der Waals surface area contributed by atoms with E-state index >= 15 is 0 Å². The Hall–Kier alpha value is -3.28. The molecule has 1 aliphatic rings. The van der Waals surface area contributed by atoms with Crippen molar-refractivity contribution >= 4 is 12.0 Å². The maximum Gasteiger partial charge on any atom is 0.338 e. The predicted octanol–water partition coefficient (Wildman–Crippen LogP) is 2.76. The monoisotopic (exact) mass is 338 g/mol. The third-order valence-electron chi connectivity index (χ3n) is 3.93. The van der Waals surface area contributed by atoms with Gasteiger partial charge in [-0.15, -0.1) is 0 Å². The molecular formula is C19H18N2O4. The maximum absolute atomic E-state index is 12.6. The normalized spacial score (nSPS) is 16.8. The Labute approximate surface area is 145 Å². The number of amides is 2. The Kier molecular flexibility index (Phi) is 4.70. The number of rotatable bonds is 4. The van der Waals surface area contributed by atoms with Crippen molar-refractivity contribution in [2.24, 2.45) is 0 Å². The molecule has 0 aliphatic carbocycles. The molecule has 6 nitrogen and oxygen atoms in total. The van der Waals surface area contributed by atoms with Gasteiger partial charge in [0.05, 0.1) is 11.6 Å². The molecule has 0 saturated carbocycles. The molecule has 0 bridgehead atoms. The standard InChI is InChI=1S/C19H18N2O4/c1-12-16(18(23)25-11-13-5-3-2-4-6-13)17(21-19(24)20-12)14-7-9-15(22)10-8-14/h2-10,17,22H,11H2,1H3,(H2,20,21,24). The van der Waals surface area contributed by atoms with Crippen molar-refractivity contribution in [2.75, 3.05) is 0 Å². The Morgan fingerprint density at radius 1 is 1.12 bits per heavy atom. The van der Waals surface area contributed by atoms with E-state index in [-0.39, 0.29) is 12.4 Å². The largest absolute Gasteiger partial charge is 0.508 e. The number of nitrogens with one attached hydrogen (secondary N) is 2. The predicted molar refractivity (Wildman–Crippen MR) is 91.5 cm³/mol. The van der Waals surface area contributed by atoms with Crippen molar-refractivity contribution in [3.8, 4) is 5.75 Å². The van der Waals surface area contributed by atoms with Gasteiger partial charge in [0, 0.05) is 5.70 Å². The molecule has 1 unspecified atom stereocenters. The third kappa shape index (κ3) is 3.80. The van der Waals surface area contributed by atoms with E-state index in [0.29, 0.717) is 16.8 Å². The summed E-state index contributed by atoms with van der Waals surface area (Å²) in [6.07, 6.45) is 0. The second-order valence-corrected chi connectivity index (χ2v) is 5.72. The zero-order chi connectivity index (χ0) is 17.8. The minimum atomic E-state index is -0.641. The number of urea groups is 1. The molecule has 2 aromatic carbocycles. The quantitative estimate of drug-likeness (QED) is 0.748. The molecule has 2 aromatic rings. The Morgan fingerprint density at radius 3 is 2.48 bits per heavy atom. The maximum atomic E-state index is 12.6. The van der Waals surface area contributed by atoms with Crippen LogP contribution in [0.4, 0.5) is 4.79 Å². The van der Waals surface area contributed by atoms with Crippen LogP contribution in [-0.2, 0) is 16.1 Å². The summed E-state index contributed by atoms with van der Waals surface area (Å²) in [4.78, 5) is 24.4. The minimum Gasteiger partial charge on any atom is -0.508 e. The van der Waals surface area contributed by atoms with E-state index in [1.165, 1.54) is 12.1 Å². The van der Waals surface area contributed by atoms with Crippen LogP contribution < -0.4 is 10.6 Å². The fourth-order valence-electron chi connectivity index (χ4n) is 2.68. The highest BCUT2D eigenvalue weighted by Crippen LogP contribution is 2.28. The van der Waals surface area contributed by atoms with Gasteiger partial charge in [0.15, 0.2) is 0 Å². The highest BCUT2D eigenvalue weighted by molar-refractivity contribution is 5.95. The Morgan fingerprint density at radius 2 is 1.80 bits per heavy atom. The van der Waals surface area contributed by atoms with Crippen LogP contribution >= 0.6 is 0 Å². The number of aromatic hydroxyl groups is 1. The average molecular weight is 338 g/mol. The van der Waals surface area contributed by atoms with E-state index in [1.54, 1.807) is 19.1 Å². The van der Waals surface area contributed by atoms with E-state index in [0.717, 1.165) is 5.56 Å². The summed E-state index contributed by atoms with van der Waals surface area (Å²) in [6, 6.07) is 14.7. The summed E-state index contributed by atoms with van der Waals surface area (Å²) in [6.45, 7) is 1.80. The Balaban J connectivity index is 1.84. The molecule has 1 aliphatic heterocycles. The highest BCUT2D eigenvalue weighted by atomic mass is 16.5. The second-order valence-electron chi connectivity index (χ2n) is 5.72. The number of phenols is 1. The lowest BCUT2D eigenvalue weighted by atomic mass is 9.95. The average Bonchev–Trinajstić information content (AvgIpc) is 2.60. The van der Waals surface area contributed by atoms with Crippen LogP contribution in [0.2, 0.25) is 0 Å². The summed E-state index contributed by atoms with van der Waals surface area (Å²) in [7, 11) is 0. The first-order chi connectivity index (χ1) is 12.0. The van der Waals surface area contributed by atoms with Crippen LogP contribution in [0.3, 0.4) is 0 Å². The summed E-state index contributed by atoms with van der Waals surface area (Å²) in [5.74, 6) is -0.398. The molecule has 2 amide bonds. The summed E-state index contributed by atoms with van der Waals surface area (Å²) < 4.78 is 5.41. The third-order valence-corrected chi connectivity index (χ3v) is 3.93. The molecule has 0 spiro atoms. The van der Waals surface area contributed by atoms with Crippen LogP contribution in [0, 0.1) is 0 Å². The number of carbonyl (C=O) groups is 2. The second kappa shape index (κ2) is 7.09. The van der Waals surface area contributed by atoms with E-state index in [4.69, 9.17) is 4.74 Å². The number of benzene rings is 2. The number of allylic oxidation sites excluding steroid dienone is 1. The molecule has 0 fully saturated rings. The summed E-state index contributed by atoms with van der Waals surface area (Å²) >= 11 is 0. The molecule has 3 N–H and O–H groups in total. The fourth-order valence-corrected chi connectivity index (χ4v) is 2.68. The SMILES string of the molecule is CC1=C(C(=O)OCc2ccccc2)C(c2ccc(O)cc2)NC(=O)N1. The van der Waals surface area contributed by atoms with Crippen molar-refractivity contribution in [1.82, 2.24) is 10.6 Å². The van der Waals surface area contributed by atoms with Crippen LogP contribution in [0.1, 0.15) is 24.1 Å². The van der Waals surface area contributed by atoms with Gasteiger partial charge in [-0.1, -0.05) is 42.5 Å². The number of esters is 1. The van der Waals surface area contributed by atoms with Gasteiger partial charge < -0.3 is 20.5 Å². The van der Waals surface area contributed by atoms with Gasteiger partial charge in [-0.2, -0.15) is 0 Å². The van der Waals surface area contributed by atoms with Gasteiger partial charge in [-0.25, -0.2) is 9.59 Å². The van der Waals surface area contributed by atoms with Gasteiger partial charge >= 0.3 is 12.0 Å². The van der Waals surface area contributed by atoms with Crippen molar-refractivity contribution < 1.29 is 19.4 Å². The number of phenolic OH excluding ortho intramolecular Hbond substituents is 1. The zero-order valence-corrected chi connectivity index (χ0v) is 13.7. The number of carbonyl (C=O) groups excluding carboxylic acids is 2. The van der Waals surface area contributed by atoms with Gasteiger partial charge in [-0.05, 0) is 30.2 Å². The fraction of sp³-hybridized carbons (Fsp3) is 0.158. The van der Waals surface area contributed by atoms with Crippen molar-refractivity contribution in [2.45, 2.75) is 19.6 Å². The molecule has 1 heterocycles. The molecule has 1 atom stereocenters. The first-order valence-corrected chi connectivity index (χ1v) is 7.83. The summed E-state index contributed by atoms with van der Waals surface area (Å²) in [5.41, 5.74) is 2.34. The van der Waals surface area contributed by atoms with Crippen molar-refractivity contribution in [1.29, 1.82) is 0 Å². The first kappa shape index (κ1) is 16.6. The van der Waals surface area contributed by atoms with Crippen molar-refractivity contribution in [3.63, 3.8) is 0 Å². The minimum absolute atomic E-state index is 0.109. The number of hydrogen-bond donors (Lipinski definition) is 3. The first-order valence-electron chi connectivity index (χ1n) is 7.83. The van der Waals surface area contributed by atoms with Crippen LogP contribution in [0.25, 0.3) is 0 Å². The topological polar surface area (TPSA) is 87.7 Å². The molecule has 128 valence electrons. The lowest BCUT2D eigenvalue weighted by Crippen LogP contribution is -2.45. The molecule has 3 rings (SSSR count). The van der Waals surface area contributed by atoms with Gasteiger partial charge in [0.2, 0.25) is 0 Å². The van der Waals surface area contributed by atoms with Crippen molar-refractivity contribution in [3.05, 3.63) is 77.0 Å². The molecule has 0 saturated heterocycles. The van der Waals surface area contributed by atoms with Gasteiger partial charge in [0.1, 0.15) is 12.4 Å².